The minimum Gasteiger partial charge on any atom is -0.393 e. The Labute approximate surface area is 224 Å². The molecule has 0 aromatic heterocycles. The van der Waals surface area contributed by atoms with E-state index in [0.29, 0.717) is 12.8 Å². The highest BCUT2D eigenvalue weighted by Crippen LogP contribution is 2.14. The summed E-state index contributed by atoms with van der Waals surface area (Å²) in [6.07, 6.45) is 36.1. The van der Waals surface area contributed by atoms with Gasteiger partial charge in [0.1, 0.15) is 0 Å². The number of ether oxygens (including phenoxy) is 1. The molecule has 0 amide bonds. The highest BCUT2D eigenvalue weighted by Gasteiger charge is 2.09. The molecule has 0 fully saturated rings. The van der Waals surface area contributed by atoms with Crippen LogP contribution < -0.4 is 0 Å². The van der Waals surface area contributed by atoms with Gasteiger partial charge in [0.05, 0.1) is 0 Å². The molecule has 208 valence electrons. The summed E-state index contributed by atoms with van der Waals surface area (Å²) in [4.78, 5) is 23.7. The van der Waals surface area contributed by atoms with Gasteiger partial charge in [-0.1, -0.05) is 134 Å². The second-order valence-corrected chi connectivity index (χ2v) is 10.6. The lowest BCUT2D eigenvalue weighted by Gasteiger charge is -2.05. The molecule has 0 aliphatic rings. The molecule has 0 atom stereocenters. The highest BCUT2D eigenvalue weighted by atomic mass is 16.6. The average Bonchev–Trinajstić information content (AvgIpc) is 2.84. The van der Waals surface area contributed by atoms with Crippen LogP contribution in [-0.4, -0.2) is 11.9 Å². The Morgan fingerprint density at radius 1 is 0.556 bits per heavy atom. The summed E-state index contributed by atoms with van der Waals surface area (Å²) in [5, 5.41) is 0. The molecule has 0 saturated carbocycles. The molecule has 0 aliphatic heterocycles. The summed E-state index contributed by atoms with van der Waals surface area (Å²) >= 11 is 0. The molecule has 0 spiro atoms. The first-order valence-corrected chi connectivity index (χ1v) is 15.2. The third kappa shape index (κ3) is 28.6. The van der Waals surface area contributed by atoms with Gasteiger partial charge in [-0.25, -0.2) is 0 Å². The first-order chi connectivity index (χ1) is 17.6. The fourth-order valence-corrected chi connectivity index (χ4v) is 4.18. The lowest BCUT2D eigenvalue weighted by molar-refractivity contribution is -0.159. The molecule has 0 aliphatic carbocycles. The van der Waals surface area contributed by atoms with Crippen LogP contribution in [0.25, 0.3) is 0 Å². The number of rotatable bonds is 25. The fourth-order valence-electron chi connectivity index (χ4n) is 4.18. The molecule has 0 radical (unpaired) electrons. The summed E-state index contributed by atoms with van der Waals surface area (Å²) in [5.74, 6) is 0.138. The number of esters is 2. The van der Waals surface area contributed by atoms with Gasteiger partial charge in [0.25, 0.3) is 0 Å². The molecular weight excluding hydrogens is 444 g/mol. The monoisotopic (exact) mass is 502 g/mol. The number of allylic oxidation sites excluding steroid dienone is 6. The summed E-state index contributed by atoms with van der Waals surface area (Å²) < 4.78 is 4.97. The van der Waals surface area contributed by atoms with Gasteiger partial charge in [-0.15, -0.1) is 0 Å². The molecule has 0 unspecified atom stereocenters. The SMILES string of the molecule is CC/C=C\C/C=C\C/C=C\CCCCCCCC(=O)OC(=O)CCCCCCCCCCCC(C)C. The van der Waals surface area contributed by atoms with Crippen LogP contribution in [0, 0.1) is 5.92 Å². The Kier molecular flexibility index (Phi) is 26.7. The molecule has 3 nitrogen and oxygen atoms in total. The third-order valence-corrected chi connectivity index (χ3v) is 6.42. The first kappa shape index (κ1) is 34.4. The van der Waals surface area contributed by atoms with Crippen LogP contribution in [-0.2, 0) is 14.3 Å². The Bertz CT molecular complexity index is 586. The second kappa shape index (κ2) is 27.9. The first-order valence-electron chi connectivity index (χ1n) is 15.2. The van der Waals surface area contributed by atoms with Gasteiger partial charge in [0.2, 0.25) is 0 Å². The fraction of sp³-hybridized carbons (Fsp3) is 0.758. The minimum atomic E-state index is -0.348. The van der Waals surface area contributed by atoms with Gasteiger partial charge >= 0.3 is 11.9 Å². The lowest BCUT2D eigenvalue weighted by atomic mass is 10.0. The van der Waals surface area contributed by atoms with Gasteiger partial charge in [-0.2, -0.15) is 0 Å². The van der Waals surface area contributed by atoms with Crippen molar-refractivity contribution in [1.29, 1.82) is 0 Å². The largest absolute Gasteiger partial charge is 0.393 e. The number of carbonyl (C=O) groups excluding carboxylic acids is 2. The number of hydrogen-bond acceptors (Lipinski definition) is 3. The molecule has 0 bridgehead atoms. The van der Waals surface area contributed by atoms with Crippen LogP contribution in [0.5, 0.6) is 0 Å². The molecule has 0 rings (SSSR count). The van der Waals surface area contributed by atoms with Crippen molar-refractivity contribution in [3.8, 4) is 0 Å². The molecule has 0 aromatic rings. The van der Waals surface area contributed by atoms with Crippen LogP contribution in [0.4, 0.5) is 0 Å². The standard InChI is InChI=1S/C33H58O3/c1-4-5-6-7-8-9-10-11-12-13-14-17-20-23-26-29-32(34)36-33(35)30-27-24-21-18-15-16-19-22-25-28-31(2)3/h5-6,8-9,11-12,31H,4,7,10,13-30H2,1-3H3/b6-5-,9-8-,12-11-. The Morgan fingerprint density at radius 3 is 1.47 bits per heavy atom. The molecule has 0 aromatic carbocycles. The van der Waals surface area contributed by atoms with Gasteiger partial charge in [0, 0.05) is 12.8 Å². The molecular formula is C33H58O3. The van der Waals surface area contributed by atoms with Crippen LogP contribution in [0.2, 0.25) is 0 Å². The predicted molar refractivity (Wildman–Crippen MR) is 156 cm³/mol. The van der Waals surface area contributed by atoms with Crippen LogP contribution in [0.15, 0.2) is 36.5 Å². The highest BCUT2D eigenvalue weighted by molar-refractivity contribution is 5.85. The summed E-state index contributed by atoms with van der Waals surface area (Å²) in [6.45, 7) is 6.74. The van der Waals surface area contributed by atoms with Crippen molar-refractivity contribution in [1.82, 2.24) is 0 Å². The maximum atomic E-state index is 11.8. The Hall–Kier alpha value is -1.64. The normalized spacial score (nSPS) is 12.0. The molecule has 36 heavy (non-hydrogen) atoms. The van der Waals surface area contributed by atoms with Gasteiger partial charge in [0.15, 0.2) is 0 Å². The summed E-state index contributed by atoms with van der Waals surface area (Å²) in [5.41, 5.74) is 0. The summed E-state index contributed by atoms with van der Waals surface area (Å²) in [6, 6.07) is 0. The lowest BCUT2D eigenvalue weighted by Crippen LogP contribution is -2.11. The van der Waals surface area contributed by atoms with E-state index < -0.39 is 0 Å². The third-order valence-electron chi connectivity index (χ3n) is 6.42. The van der Waals surface area contributed by atoms with Gasteiger partial charge in [-0.3, -0.25) is 9.59 Å². The quantitative estimate of drug-likeness (QED) is 0.0539. The molecule has 0 N–H and O–H groups in total. The van der Waals surface area contributed by atoms with Crippen molar-refractivity contribution in [3.05, 3.63) is 36.5 Å². The number of carbonyl (C=O) groups is 2. The van der Waals surface area contributed by atoms with E-state index in [2.05, 4.69) is 57.2 Å². The van der Waals surface area contributed by atoms with Crippen molar-refractivity contribution in [2.45, 2.75) is 156 Å². The van der Waals surface area contributed by atoms with E-state index in [-0.39, 0.29) is 11.9 Å². The van der Waals surface area contributed by atoms with Crippen LogP contribution >= 0.6 is 0 Å². The van der Waals surface area contributed by atoms with E-state index in [1.807, 2.05) is 0 Å². The predicted octanol–water partition coefficient (Wildman–Crippen LogP) is 10.6. The van der Waals surface area contributed by atoms with Crippen molar-refractivity contribution in [3.63, 3.8) is 0 Å². The van der Waals surface area contributed by atoms with Crippen LogP contribution in [0.1, 0.15) is 156 Å². The molecule has 3 heteroatoms. The minimum absolute atomic E-state index is 0.343. The molecule has 0 heterocycles. The summed E-state index contributed by atoms with van der Waals surface area (Å²) in [7, 11) is 0. The number of unbranched alkanes of at least 4 members (excludes halogenated alkanes) is 13. The van der Waals surface area contributed by atoms with Gasteiger partial charge in [-0.05, 0) is 50.9 Å². The smallest absolute Gasteiger partial charge is 0.313 e. The van der Waals surface area contributed by atoms with Crippen LogP contribution in [0.3, 0.4) is 0 Å². The van der Waals surface area contributed by atoms with Crippen molar-refractivity contribution in [2.24, 2.45) is 5.92 Å². The van der Waals surface area contributed by atoms with Crippen molar-refractivity contribution in [2.75, 3.05) is 0 Å². The van der Waals surface area contributed by atoms with E-state index in [0.717, 1.165) is 63.7 Å². The zero-order valence-electron chi connectivity index (χ0n) is 24.1. The topological polar surface area (TPSA) is 43.4 Å². The zero-order valence-corrected chi connectivity index (χ0v) is 24.1. The van der Waals surface area contributed by atoms with E-state index in [1.165, 1.54) is 64.2 Å². The van der Waals surface area contributed by atoms with E-state index in [1.54, 1.807) is 0 Å². The van der Waals surface area contributed by atoms with Crippen molar-refractivity contribution < 1.29 is 14.3 Å². The maximum absolute atomic E-state index is 11.8. The average molecular weight is 503 g/mol. The van der Waals surface area contributed by atoms with Crippen molar-refractivity contribution >= 4 is 11.9 Å². The van der Waals surface area contributed by atoms with Gasteiger partial charge < -0.3 is 4.74 Å². The van der Waals surface area contributed by atoms with E-state index in [9.17, 15) is 9.59 Å². The maximum Gasteiger partial charge on any atom is 0.313 e. The van der Waals surface area contributed by atoms with E-state index in [4.69, 9.17) is 4.74 Å². The second-order valence-electron chi connectivity index (χ2n) is 10.6. The zero-order chi connectivity index (χ0) is 26.5. The Balaban J connectivity index is 3.41. The molecule has 0 saturated heterocycles. The Morgan fingerprint density at radius 2 is 0.972 bits per heavy atom. The van der Waals surface area contributed by atoms with E-state index >= 15 is 0 Å². The number of hydrogen-bond donors (Lipinski definition) is 0.